The third-order valence-electron chi connectivity index (χ3n) is 2.39. The molecule has 72 valence electrons. The van der Waals surface area contributed by atoms with Crippen LogP contribution in [0.5, 0.6) is 0 Å². The monoisotopic (exact) mass is 180 g/mol. The molecule has 0 radical (unpaired) electrons. The number of aryl methyl sites for hydroxylation is 2. The van der Waals surface area contributed by atoms with Crippen LogP contribution >= 0.6 is 0 Å². The highest BCUT2D eigenvalue weighted by Crippen LogP contribution is 2.13. The Hall–Kier alpha value is -1.12. The fourth-order valence-electron chi connectivity index (χ4n) is 1.48. The van der Waals surface area contributed by atoms with Gasteiger partial charge in [0.2, 0.25) is 0 Å². The third kappa shape index (κ3) is 2.17. The molecule has 0 unspecified atom stereocenters. The van der Waals surface area contributed by atoms with Gasteiger partial charge in [-0.1, -0.05) is 0 Å². The first-order valence-electron chi connectivity index (χ1n) is 4.51. The second-order valence-corrected chi connectivity index (χ2v) is 3.47. The van der Waals surface area contributed by atoms with Crippen LogP contribution in [0.4, 0.5) is 0 Å². The fraction of sp³-hybridized carbons (Fsp3) is 0.600. The molecule has 1 heterocycles. The van der Waals surface area contributed by atoms with Crippen molar-refractivity contribution in [1.29, 1.82) is 0 Å². The smallest absolute Gasteiger partial charge is 0.130 e. The van der Waals surface area contributed by atoms with Gasteiger partial charge in [-0.05, 0) is 32.8 Å². The predicted molar refractivity (Wildman–Crippen MR) is 51.7 cm³/mol. The maximum absolute atomic E-state index is 10.8. The van der Waals surface area contributed by atoms with Gasteiger partial charge in [0.25, 0.3) is 0 Å². The van der Waals surface area contributed by atoms with E-state index in [-0.39, 0.29) is 5.78 Å². The molecule has 0 saturated carbocycles. The van der Waals surface area contributed by atoms with E-state index in [2.05, 4.69) is 5.10 Å². The topological polar surface area (TPSA) is 34.9 Å². The molecule has 3 nitrogen and oxygen atoms in total. The zero-order valence-corrected chi connectivity index (χ0v) is 8.72. The lowest BCUT2D eigenvalue weighted by Gasteiger charge is -1.99. The zero-order valence-electron chi connectivity index (χ0n) is 8.72. The van der Waals surface area contributed by atoms with Crippen LogP contribution in [-0.4, -0.2) is 15.6 Å². The molecule has 1 aromatic rings. The summed E-state index contributed by atoms with van der Waals surface area (Å²) in [5.41, 5.74) is 3.43. The third-order valence-corrected chi connectivity index (χ3v) is 2.39. The van der Waals surface area contributed by atoms with Crippen LogP contribution in [-0.2, 0) is 18.3 Å². The molecule has 0 aliphatic heterocycles. The molecule has 0 saturated heterocycles. The van der Waals surface area contributed by atoms with E-state index in [1.54, 1.807) is 6.92 Å². The van der Waals surface area contributed by atoms with E-state index in [4.69, 9.17) is 0 Å². The van der Waals surface area contributed by atoms with Crippen molar-refractivity contribution in [3.8, 4) is 0 Å². The number of ketones is 1. The van der Waals surface area contributed by atoms with Gasteiger partial charge in [0, 0.05) is 19.2 Å². The zero-order chi connectivity index (χ0) is 10.0. The van der Waals surface area contributed by atoms with E-state index in [0.717, 1.165) is 12.1 Å². The van der Waals surface area contributed by atoms with Crippen molar-refractivity contribution in [1.82, 2.24) is 9.78 Å². The second kappa shape index (κ2) is 3.73. The van der Waals surface area contributed by atoms with Crippen molar-refractivity contribution in [3.63, 3.8) is 0 Å². The largest absolute Gasteiger partial charge is 0.300 e. The van der Waals surface area contributed by atoms with E-state index in [0.29, 0.717) is 6.42 Å². The van der Waals surface area contributed by atoms with Crippen molar-refractivity contribution in [2.24, 2.45) is 7.05 Å². The Labute approximate surface area is 78.8 Å². The van der Waals surface area contributed by atoms with E-state index < -0.39 is 0 Å². The van der Waals surface area contributed by atoms with Gasteiger partial charge >= 0.3 is 0 Å². The summed E-state index contributed by atoms with van der Waals surface area (Å²) in [6.07, 6.45) is 1.44. The van der Waals surface area contributed by atoms with Gasteiger partial charge < -0.3 is 4.79 Å². The van der Waals surface area contributed by atoms with Crippen molar-refractivity contribution in [2.75, 3.05) is 0 Å². The number of hydrogen-bond acceptors (Lipinski definition) is 2. The highest BCUT2D eigenvalue weighted by molar-refractivity contribution is 5.75. The first-order chi connectivity index (χ1) is 6.02. The second-order valence-electron chi connectivity index (χ2n) is 3.47. The van der Waals surface area contributed by atoms with Gasteiger partial charge in [0.1, 0.15) is 5.78 Å². The van der Waals surface area contributed by atoms with Gasteiger partial charge in [-0.3, -0.25) is 4.68 Å². The highest BCUT2D eigenvalue weighted by Gasteiger charge is 2.09. The van der Waals surface area contributed by atoms with Gasteiger partial charge in [-0.25, -0.2) is 0 Å². The van der Waals surface area contributed by atoms with Crippen LogP contribution in [0.15, 0.2) is 0 Å². The molecule has 0 bridgehead atoms. The lowest BCUT2D eigenvalue weighted by Crippen LogP contribution is -1.97. The summed E-state index contributed by atoms with van der Waals surface area (Å²) in [6, 6.07) is 0. The van der Waals surface area contributed by atoms with E-state index >= 15 is 0 Å². The van der Waals surface area contributed by atoms with Crippen LogP contribution in [0, 0.1) is 13.8 Å². The SMILES string of the molecule is CC(=O)CCc1c(C)nn(C)c1C. The number of carbonyl (C=O) groups excluding carboxylic acids is 1. The molecule has 0 aliphatic rings. The Kier molecular flexibility index (Phi) is 2.86. The molecule has 0 atom stereocenters. The first-order valence-corrected chi connectivity index (χ1v) is 4.51. The maximum Gasteiger partial charge on any atom is 0.130 e. The van der Waals surface area contributed by atoms with E-state index in [1.807, 2.05) is 25.6 Å². The summed E-state index contributed by atoms with van der Waals surface area (Å²) in [7, 11) is 1.93. The number of rotatable bonds is 3. The highest BCUT2D eigenvalue weighted by atomic mass is 16.1. The Balaban J connectivity index is 2.81. The van der Waals surface area contributed by atoms with Gasteiger partial charge in [-0.15, -0.1) is 0 Å². The van der Waals surface area contributed by atoms with E-state index in [9.17, 15) is 4.79 Å². The van der Waals surface area contributed by atoms with Gasteiger partial charge in [0.05, 0.1) is 5.69 Å². The van der Waals surface area contributed by atoms with Gasteiger partial charge in [-0.2, -0.15) is 5.10 Å². The summed E-state index contributed by atoms with van der Waals surface area (Å²) in [5, 5.41) is 4.29. The van der Waals surface area contributed by atoms with Crippen LogP contribution in [0.2, 0.25) is 0 Å². The van der Waals surface area contributed by atoms with Crippen LogP contribution < -0.4 is 0 Å². The minimum atomic E-state index is 0.239. The molecule has 0 fully saturated rings. The van der Waals surface area contributed by atoms with Crippen LogP contribution in [0.1, 0.15) is 30.3 Å². The normalized spacial score (nSPS) is 10.5. The molecule has 1 rings (SSSR count). The number of hydrogen-bond donors (Lipinski definition) is 0. The lowest BCUT2D eigenvalue weighted by atomic mass is 10.1. The molecule has 0 amide bonds. The van der Waals surface area contributed by atoms with Crippen molar-refractivity contribution in [2.45, 2.75) is 33.6 Å². The summed E-state index contributed by atoms with van der Waals surface area (Å²) in [6.45, 7) is 5.65. The number of aromatic nitrogens is 2. The average molecular weight is 180 g/mol. The first kappa shape index (κ1) is 9.96. The Morgan fingerprint density at radius 1 is 1.46 bits per heavy atom. The number of Topliss-reactive ketones (excluding diaryl/α,β-unsaturated/α-hetero) is 1. The van der Waals surface area contributed by atoms with Crippen molar-refractivity contribution < 1.29 is 4.79 Å². The Morgan fingerprint density at radius 3 is 2.46 bits per heavy atom. The van der Waals surface area contributed by atoms with Gasteiger partial charge in [0.15, 0.2) is 0 Å². The van der Waals surface area contributed by atoms with Crippen LogP contribution in [0.3, 0.4) is 0 Å². The average Bonchev–Trinajstić information content (AvgIpc) is 2.24. The molecule has 13 heavy (non-hydrogen) atoms. The Morgan fingerprint density at radius 2 is 2.08 bits per heavy atom. The lowest BCUT2D eigenvalue weighted by molar-refractivity contribution is -0.116. The molecular formula is C10H16N2O. The predicted octanol–water partition coefficient (Wildman–Crippen LogP) is 1.56. The molecular weight excluding hydrogens is 164 g/mol. The quantitative estimate of drug-likeness (QED) is 0.707. The molecule has 0 N–H and O–H groups in total. The minimum absolute atomic E-state index is 0.239. The fourth-order valence-corrected chi connectivity index (χ4v) is 1.48. The Bertz CT molecular complexity index is 326. The summed E-state index contributed by atoms with van der Waals surface area (Å²) in [5.74, 6) is 0.239. The standard InChI is InChI=1S/C10H16N2O/c1-7(13)5-6-10-8(2)11-12(4)9(10)3/h5-6H2,1-4H3. The maximum atomic E-state index is 10.8. The number of nitrogens with zero attached hydrogens (tertiary/aromatic N) is 2. The number of carbonyl (C=O) groups is 1. The molecule has 0 aliphatic carbocycles. The summed E-state index contributed by atoms with van der Waals surface area (Å²) >= 11 is 0. The minimum Gasteiger partial charge on any atom is -0.300 e. The molecule has 0 spiro atoms. The van der Waals surface area contributed by atoms with Crippen molar-refractivity contribution >= 4 is 5.78 Å². The molecule has 1 aromatic heterocycles. The van der Waals surface area contributed by atoms with E-state index in [1.165, 1.54) is 11.3 Å². The summed E-state index contributed by atoms with van der Waals surface area (Å²) < 4.78 is 1.87. The summed E-state index contributed by atoms with van der Waals surface area (Å²) in [4.78, 5) is 10.8. The molecule has 3 heteroatoms. The molecule has 0 aromatic carbocycles. The van der Waals surface area contributed by atoms with Crippen molar-refractivity contribution in [3.05, 3.63) is 17.0 Å². The van der Waals surface area contributed by atoms with Crippen LogP contribution in [0.25, 0.3) is 0 Å².